The van der Waals surface area contributed by atoms with E-state index in [4.69, 9.17) is 9.97 Å². The highest BCUT2D eigenvalue weighted by Crippen LogP contribution is 2.28. The number of nitrogens with zero attached hydrogens (tertiary/aromatic N) is 4. The number of rotatable bonds is 5. The van der Waals surface area contributed by atoms with Gasteiger partial charge in [0, 0.05) is 12.4 Å². The third kappa shape index (κ3) is 4.28. The van der Waals surface area contributed by atoms with Crippen LogP contribution in [-0.2, 0) is 0 Å². The molecule has 0 aliphatic carbocycles. The molecule has 6 heteroatoms. The van der Waals surface area contributed by atoms with Crippen LogP contribution in [0.25, 0.3) is 11.4 Å². The first-order chi connectivity index (χ1) is 12.9. The van der Waals surface area contributed by atoms with Crippen LogP contribution >= 0.6 is 23.5 Å². The predicted octanol–water partition coefficient (Wildman–Crippen LogP) is 5.24. The van der Waals surface area contributed by atoms with Gasteiger partial charge < -0.3 is 0 Å². The third-order valence-electron chi connectivity index (χ3n) is 3.40. The van der Waals surface area contributed by atoms with E-state index in [9.17, 15) is 0 Å². The molecular weight excluding hydrogens is 360 g/mol. The zero-order chi connectivity index (χ0) is 17.6. The molecule has 4 rings (SSSR count). The molecule has 0 N–H and O–H groups in total. The number of hydrogen-bond donors (Lipinski definition) is 0. The molecule has 0 spiro atoms. The summed E-state index contributed by atoms with van der Waals surface area (Å²) < 4.78 is 0. The molecule has 4 aromatic rings. The van der Waals surface area contributed by atoms with Gasteiger partial charge in [0.25, 0.3) is 0 Å². The molecular formula is C20H14N4S2. The molecule has 0 fully saturated rings. The normalized spacial score (nSPS) is 10.6. The molecule has 0 unspecified atom stereocenters. The lowest BCUT2D eigenvalue weighted by Gasteiger charge is -2.06. The van der Waals surface area contributed by atoms with E-state index in [0.29, 0.717) is 0 Å². The molecule has 0 saturated heterocycles. The van der Waals surface area contributed by atoms with Crippen molar-refractivity contribution in [2.45, 2.75) is 20.1 Å². The van der Waals surface area contributed by atoms with E-state index in [1.807, 2.05) is 72.8 Å². The van der Waals surface area contributed by atoms with E-state index in [0.717, 1.165) is 31.5 Å². The zero-order valence-electron chi connectivity index (χ0n) is 13.7. The van der Waals surface area contributed by atoms with E-state index >= 15 is 0 Å². The van der Waals surface area contributed by atoms with Crippen LogP contribution in [0.1, 0.15) is 0 Å². The molecule has 0 aliphatic rings. The highest BCUT2D eigenvalue weighted by atomic mass is 32.2. The lowest BCUT2D eigenvalue weighted by atomic mass is 10.2. The molecule has 0 amide bonds. The third-order valence-corrected chi connectivity index (χ3v) is 5.18. The lowest BCUT2D eigenvalue weighted by Crippen LogP contribution is -1.91. The van der Waals surface area contributed by atoms with Crippen molar-refractivity contribution in [2.75, 3.05) is 0 Å². The molecule has 26 heavy (non-hydrogen) atoms. The first kappa shape index (κ1) is 16.8. The van der Waals surface area contributed by atoms with Crippen LogP contribution in [0.15, 0.2) is 105 Å². The zero-order valence-corrected chi connectivity index (χ0v) is 15.3. The van der Waals surface area contributed by atoms with Gasteiger partial charge in [-0.25, -0.2) is 19.9 Å². The minimum Gasteiger partial charge on any atom is -0.250 e. The number of pyridine rings is 4. The summed E-state index contributed by atoms with van der Waals surface area (Å²) >= 11 is 3.08. The molecule has 4 aromatic heterocycles. The Morgan fingerprint density at radius 3 is 1.35 bits per heavy atom. The van der Waals surface area contributed by atoms with E-state index in [2.05, 4.69) is 9.97 Å². The summed E-state index contributed by atoms with van der Waals surface area (Å²) in [5, 5.41) is 3.63. The van der Waals surface area contributed by atoms with Crippen LogP contribution in [0.5, 0.6) is 0 Å². The van der Waals surface area contributed by atoms with Gasteiger partial charge in [0.1, 0.15) is 20.1 Å². The Kier molecular flexibility index (Phi) is 5.23. The van der Waals surface area contributed by atoms with Crippen molar-refractivity contribution in [1.82, 2.24) is 19.9 Å². The van der Waals surface area contributed by atoms with E-state index in [-0.39, 0.29) is 0 Å². The molecule has 0 aromatic carbocycles. The van der Waals surface area contributed by atoms with Gasteiger partial charge >= 0.3 is 0 Å². The Morgan fingerprint density at radius 2 is 0.923 bits per heavy atom. The topological polar surface area (TPSA) is 51.6 Å². The van der Waals surface area contributed by atoms with Crippen LogP contribution in [0.4, 0.5) is 0 Å². The van der Waals surface area contributed by atoms with Crippen LogP contribution in [0.3, 0.4) is 0 Å². The van der Waals surface area contributed by atoms with Gasteiger partial charge in [0.15, 0.2) is 0 Å². The highest BCUT2D eigenvalue weighted by molar-refractivity contribution is 7.99. The molecule has 0 aliphatic heterocycles. The van der Waals surface area contributed by atoms with Gasteiger partial charge in [-0.15, -0.1) is 0 Å². The van der Waals surface area contributed by atoms with E-state index in [1.54, 1.807) is 12.4 Å². The maximum absolute atomic E-state index is 4.72. The van der Waals surface area contributed by atoms with Gasteiger partial charge in [0.05, 0.1) is 11.4 Å². The van der Waals surface area contributed by atoms with Crippen LogP contribution in [0.2, 0.25) is 0 Å². The van der Waals surface area contributed by atoms with Crippen molar-refractivity contribution >= 4 is 23.5 Å². The fraction of sp³-hybridized carbons (Fsp3) is 0. The molecule has 0 atom stereocenters. The predicted molar refractivity (Wildman–Crippen MR) is 104 cm³/mol. The Bertz CT molecular complexity index is 912. The largest absolute Gasteiger partial charge is 0.250 e. The molecule has 4 heterocycles. The van der Waals surface area contributed by atoms with E-state index < -0.39 is 0 Å². The Labute approximate surface area is 160 Å². The standard InChI is InChI=1S/C20H14N4S2/c1-3-13-21-17(9-1)25-19-11-5-7-15(23-19)16-8-6-12-20(24-16)26-18-10-2-4-14-22-18/h1-14H. The summed E-state index contributed by atoms with van der Waals surface area (Å²) in [5.74, 6) is 0. The summed E-state index contributed by atoms with van der Waals surface area (Å²) in [6.07, 6.45) is 3.57. The van der Waals surface area contributed by atoms with Crippen molar-refractivity contribution in [3.05, 3.63) is 85.2 Å². The maximum atomic E-state index is 4.72. The van der Waals surface area contributed by atoms with Crippen LogP contribution < -0.4 is 0 Å². The number of hydrogen-bond acceptors (Lipinski definition) is 6. The van der Waals surface area contributed by atoms with Gasteiger partial charge in [-0.1, -0.05) is 47.8 Å². The fourth-order valence-electron chi connectivity index (χ4n) is 2.26. The average Bonchev–Trinajstić information content (AvgIpc) is 2.70. The van der Waals surface area contributed by atoms with E-state index in [1.165, 1.54) is 23.5 Å². The number of aromatic nitrogens is 4. The van der Waals surface area contributed by atoms with Crippen molar-refractivity contribution in [1.29, 1.82) is 0 Å². The van der Waals surface area contributed by atoms with Crippen LogP contribution in [-0.4, -0.2) is 19.9 Å². The molecule has 126 valence electrons. The van der Waals surface area contributed by atoms with Crippen molar-refractivity contribution in [2.24, 2.45) is 0 Å². The van der Waals surface area contributed by atoms with Gasteiger partial charge in [-0.3, -0.25) is 0 Å². The summed E-state index contributed by atoms with van der Waals surface area (Å²) in [5.41, 5.74) is 1.68. The summed E-state index contributed by atoms with van der Waals surface area (Å²) in [6, 6.07) is 23.6. The van der Waals surface area contributed by atoms with Crippen molar-refractivity contribution in [3.63, 3.8) is 0 Å². The smallest absolute Gasteiger partial charge is 0.103 e. The minimum absolute atomic E-state index is 0.842. The maximum Gasteiger partial charge on any atom is 0.103 e. The van der Waals surface area contributed by atoms with Gasteiger partial charge in [-0.2, -0.15) is 0 Å². The molecule has 0 saturated carbocycles. The SMILES string of the molecule is c1ccc(Sc2cccc(-c3cccc(Sc4ccccn4)n3)n2)nc1. The summed E-state index contributed by atoms with van der Waals surface area (Å²) in [4.78, 5) is 18.1. The second-order valence-electron chi connectivity index (χ2n) is 5.26. The summed E-state index contributed by atoms with van der Waals surface area (Å²) in [6.45, 7) is 0. The Hall–Kier alpha value is -2.70. The monoisotopic (exact) mass is 374 g/mol. The second-order valence-corrected chi connectivity index (χ2v) is 7.34. The van der Waals surface area contributed by atoms with Crippen molar-refractivity contribution in [3.8, 4) is 11.4 Å². The lowest BCUT2D eigenvalue weighted by molar-refractivity contribution is 1.06. The minimum atomic E-state index is 0.842. The quantitative estimate of drug-likeness (QED) is 0.476. The second kappa shape index (κ2) is 8.12. The molecule has 0 radical (unpaired) electrons. The Morgan fingerprint density at radius 1 is 0.462 bits per heavy atom. The Balaban J connectivity index is 1.57. The summed E-state index contributed by atoms with van der Waals surface area (Å²) in [7, 11) is 0. The first-order valence-corrected chi connectivity index (χ1v) is 9.62. The average molecular weight is 374 g/mol. The highest BCUT2D eigenvalue weighted by Gasteiger charge is 2.07. The van der Waals surface area contributed by atoms with Crippen molar-refractivity contribution < 1.29 is 0 Å². The fourth-order valence-corrected chi connectivity index (χ4v) is 3.79. The molecule has 0 bridgehead atoms. The van der Waals surface area contributed by atoms with Crippen LogP contribution in [0, 0.1) is 0 Å². The first-order valence-electron chi connectivity index (χ1n) is 7.99. The molecule has 4 nitrogen and oxygen atoms in total. The van der Waals surface area contributed by atoms with Gasteiger partial charge in [-0.05, 0) is 48.5 Å². The van der Waals surface area contributed by atoms with Gasteiger partial charge in [0.2, 0.25) is 0 Å².